The summed E-state index contributed by atoms with van der Waals surface area (Å²) in [5.41, 5.74) is 0. The van der Waals surface area contributed by atoms with Crippen molar-refractivity contribution in [1.82, 2.24) is 0 Å². The summed E-state index contributed by atoms with van der Waals surface area (Å²) in [7, 11) is 6.00. The zero-order valence-corrected chi connectivity index (χ0v) is 56.7. The van der Waals surface area contributed by atoms with Crippen LogP contribution < -0.4 is 0 Å². The number of aliphatic carboxylic acids is 1. The highest BCUT2D eigenvalue weighted by Crippen LogP contribution is 2.20. The molecule has 0 saturated heterocycles. The summed E-state index contributed by atoms with van der Waals surface area (Å²) in [6, 6.07) is 0. The summed E-state index contributed by atoms with van der Waals surface area (Å²) in [5.74, 6) is -1.96. The van der Waals surface area contributed by atoms with E-state index in [0.29, 0.717) is 17.4 Å². The van der Waals surface area contributed by atoms with E-state index in [9.17, 15) is 19.5 Å². The molecule has 0 radical (unpaired) electrons. The van der Waals surface area contributed by atoms with Crippen LogP contribution >= 0.6 is 0 Å². The summed E-state index contributed by atoms with van der Waals surface area (Å²) >= 11 is 0. The highest BCUT2D eigenvalue weighted by Gasteiger charge is 2.25. The molecule has 0 bridgehead atoms. The first-order valence-electron chi connectivity index (χ1n) is 37.2. The van der Waals surface area contributed by atoms with Crippen molar-refractivity contribution in [2.75, 3.05) is 47.5 Å². The molecule has 0 rings (SSSR count). The second-order valence-corrected chi connectivity index (χ2v) is 27.0. The molecule has 2 unspecified atom stereocenters. The average Bonchev–Trinajstić information content (AvgIpc) is 3.46. The maximum absolute atomic E-state index is 13.0. The van der Waals surface area contributed by atoms with Gasteiger partial charge in [-0.25, -0.2) is 4.79 Å². The number of hydrogen-bond acceptors (Lipinski definition) is 7. The minimum absolute atomic E-state index is 0.172. The molecule has 0 heterocycles. The highest BCUT2D eigenvalue weighted by molar-refractivity contribution is 5.71. The monoisotopic (exact) mass is 1180 g/mol. The van der Waals surface area contributed by atoms with Gasteiger partial charge in [-0.3, -0.25) is 9.59 Å². The standard InChI is InChI=1S/C74H145NO8/c1-6-8-10-12-14-16-18-20-22-24-26-28-30-31-32-33-34-35-36-37-38-39-40-41-42-43-45-47-49-51-53-55-57-59-61-63-65-72(77)83-70(69-82-74(73(78)79)80-67-66-75(3,4)5)68-81-71(76)64-62-60-58-56-54-52-50-48-46-44-29-27-25-23-21-19-17-15-13-11-9-7-2/h70,74H,6-69H2,1-5H3/p+1. The van der Waals surface area contributed by atoms with Crippen molar-refractivity contribution < 1.29 is 42.9 Å². The topological polar surface area (TPSA) is 108 Å². The number of carboxylic acid groups (broad SMARTS) is 1. The second-order valence-electron chi connectivity index (χ2n) is 27.0. The number of rotatable bonds is 71. The van der Waals surface area contributed by atoms with Gasteiger partial charge in [0, 0.05) is 12.8 Å². The first-order chi connectivity index (χ1) is 40.6. The van der Waals surface area contributed by atoms with E-state index in [4.69, 9.17) is 18.9 Å². The molecule has 0 aliphatic heterocycles. The molecule has 0 amide bonds. The van der Waals surface area contributed by atoms with E-state index in [1.807, 2.05) is 21.1 Å². The summed E-state index contributed by atoms with van der Waals surface area (Å²) in [6.45, 7) is 4.98. The Kier molecular flexibility index (Phi) is 64.9. The number of carbonyl (C=O) groups is 3. The van der Waals surface area contributed by atoms with Crippen LogP contribution in [0.5, 0.6) is 0 Å². The summed E-state index contributed by atoms with van der Waals surface area (Å²) in [6.07, 6.45) is 76.8. The van der Waals surface area contributed by atoms with Gasteiger partial charge >= 0.3 is 17.9 Å². The average molecular weight is 1180 g/mol. The lowest BCUT2D eigenvalue weighted by atomic mass is 10.0. The fraction of sp³-hybridized carbons (Fsp3) is 0.959. The molecule has 0 aliphatic rings. The van der Waals surface area contributed by atoms with Crippen molar-refractivity contribution in [3.63, 3.8) is 0 Å². The van der Waals surface area contributed by atoms with Gasteiger partial charge in [-0.05, 0) is 12.8 Å². The number of likely N-dealkylation sites (N-methyl/N-ethyl adjacent to an activating group) is 1. The predicted octanol–water partition coefficient (Wildman–Crippen LogP) is 23.0. The summed E-state index contributed by atoms with van der Waals surface area (Å²) in [5, 5.41) is 9.75. The van der Waals surface area contributed by atoms with Crippen LogP contribution in [-0.2, 0) is 33.3 Å². The van der Waals surface area contributed by atoms with Crippen LogP contribution in [0.1, 0.15) is 399 Å². The first kappa shape index (κ1) is 81.3. The Morgan fingerprint density at radius 3 is 0.771 bits per heavy atom. The maximum atomic E-state index is 13.0. The largest absolute Gasteiger partial charge is 0.477 e. The molecule has 0 saturated carbocycles. The van der Waals surface area contributed by atoms with Crippen molar-refractivity contribution in [2.45, 2.75) is 411 Å². The molecule has 9 nitrogen and oxygen atoms in total. The lowest BCUT2D eigenvalue weighted by molar-refractivity contribution is -0.870. The van der Waals surface area contributed by atoms with Crippen LogP contribution in [0.15, 0.2) is 0 Å². The molecule has 0 aromatic carbocycles. The maximum Gasteiger partial charge on any atom is 0.361 e. The van der Waals surface area contributed by atoms with E-state index in [1.54, 1.807) is 0 Å². The number of esters is 2. The highest BCUT2D eigenvalue weighted by atomic mass is 16.7. The second kappa shape index (κ2) is 66.2. The molecular weight excluding hydrogens is 1030 g/mol. The molecule has 494 valence electrons. The predicted molar refractivity (Wildman–Crippen MR) is 355 cm³/mol. The van der Waals surface area contributed by atoms with Crippen LogP contribution in [0.3, 0.4) is 0 Å². The SMILES string of the molecule is CCCCCCCCCCCCCCCCCCCCCCCCCCCCCCCCCCCCCCC(=O)OC(COC(=O)CCCCCCCCCCCCCCCCCCCCCCCC)COC(OCC[N+](C)(C)C)C(=O)O. The van der Waals surface area contributed by atoms with E-state index in [2.05, 4.69) is 13.8 Å². The molecule has 0 spiro atoms. The van der Waals surface area contributed by atoms with Crippen LogP contribution in [0.4, 0.5) is 0 Å². The Balaban J connectivity index is 3.96. The van der Waals surface area contributed by atoms with Crippen molar-refractivity contribution >= 4 is 17.9 Å². The van der Waals surface area contributed by atoms with Crippen LogP contribution in [0, 0.1) is 0 Å². The van der Waals surface area contributed by atoms with Gasteiger partial charge in [-0.2, -0.15) is 0 Å². The van der Waals surface area contributed by atoms with Crippen molar-refractivity contribution in [3.05, 3.63) is 0 Å². The number of unbranched alkanes of at least 4 members (excludes halogenated alkanes) is 56. The van der Waals surface area contributed by atoms with Gasteiger partial charge in [0.1, 0.15) is 13.2 Å². The molecule has 83 heavy (non-hydrogen) atoms. The van der Waals surface area contributed by atoms with Gasteiger partial charge in [0.15, 0.2) is 6.10 Å². The quantitative estimate of drug-likeness (QED) is 0.0278. The van der Waals surface area contributed by atoms with Gasteiger partial charge in [0.05, 0.1) is 34.4 Å². The van der Waals surface area contributed by atoms with Crippen LogP contribution in [-0.4, -0.2) is 87.4 Å². The molecule has 9 heteroatoms. The Hall–Kier alpha value is -1.71. The third-order valence-corrected chi connectivity index (χ3v) is 17.4. The Labute approximate surface area is 517 Å². The van der Waals surface area contributed by atoms with E-state index < -0.39 is 18.4 Å². The minimum Gasteiger partial charge on any atom is -0.477 e. The lowest BCUT2D eigenvalue weighted by Crippen LogP contribution is -2.40. The number of carboxylic acids is 1. The molecular formula is C74H146NO8+. The van der Waals surface area contributed by atoms with Gasteiger partial charge in [0.25, 0.3) is 6.29 Å². The fourth-order valence-corrected chi connectivity index (χ4v) is 11.7. The molecule has 0 aromatic heterocycles. The third-order valence-electron chi connectivity index (χ3n) is 17.4. The van der Waals surface area contributed by atoms with Gasteiger partial charge in [-0.15, -0.1) is 0 Å². The Morgan fingerprint density at radius 2 is 0.542 bits per heavy atom. The van der Waals surface area contributed by atoms with E-state index >= 15 is 0 Å². The summed E-state index contributed by atoms with van der Waals surface area (Å²) < 4.78 is 23.0. The zero-order valence-electron chi connectivity index (χ0n) is 56.7. The molecule has 0 aliphatic carbocycles. The number of nitrogens with zero attached hydrogens (tertiary/aromatic N) is 1. The molecule has 1 N–H and O–H groups in total. The number of carbonyl (C=O) groups excluding carboxylic acids is 2. The number of ether oxygens (including phenoxy) is 4. The van der Waals surface area contributed by atoms with E-state index in [1.165, 1.54) is 334 Å². The number of hydrogen-bond donors (Lipinski definition) is 1. The molecule has 0 aromatic rings. The van der Waals surface area contributed by atoms with Crippen molar-refractivity contribution in [2.24, 2.45) is 0 Å². The van der Waals surface area contributed by atoms with Crippen LogP contribution in [0.25, 0.3) is 0 Å². The molecule has 0 fully saturated rings. The van der Waals surface area contributed by atoms with Gasteiger partial charge in [0.2, 0.25) is 0 Å². The minimum atomic E-state index is -1.50. The first-order valence-corrected chi connectivity index (χ1v) is 37.2. The lowest BCUT2D eigenvalue weighted by Gasteiger charge is -2.25. The molecule has 2 atom stereocenters. The van der Waals surface area contributed by atoms with Crippen molar-refractivity contribution in [3.8, 4) is 0 Å². The van der Waals surface area contributed by atoms with Gasteiger partial charge in [-0.1, -0.05) is 373 Å². The fourth-order valence-electron chi connectivity index (χ4n) is 11.7. The normalized spacial score (nSPS) is 12.5. The van der Waals surface area contributed by atoms with E-state index in [0.717, 1.165) is 38.5 Å². The smallest absolute Gasteiger partial charge is 0.361 e. The third kappa shape index (κ3) is 67.7. The zero-order chi connectivity index (χ0) is 60.5. The Bertz CT molecular complexity index is 1320. The van der Waals surface area contributed by atoms with Crippen LogP contribution in [0.2, 0.25) is 0 Å². The van der Waals surface area contributed by atoms with Gasteiger partial charge < -0.3 is 28.5 Å². The van der Waals surface area contributed by atoms with Crippen molar-refractivity contribution in [1.29, 1.82) is 0 Å². The Morgan fingerprint density at radius 1 is 0.313 bits per heavy atom. The van der Waals surface area contributed by atoms with E-state index in [-0.39, 0.29) is 38.2 Å². The summed E-state index contributed by atoms with van der Waals surface area (Å²) in [4.78, 5) is 37.6. The number of quaternary nitrogens is 1.